The van der Waals surface area contributed by atoms with E-state index in [1.54, 1.807) is 6.20 Å². The molecule has 0 atom stereocenters. The maximum Gasteiger partial charge on any atom is 0.115 e. The van der Waals surface area contributed by atoms with Crippen molar-refractivity contribution in [3.8, 4) is 0 Å². The number of hydrogen-bond acceptors (Lipinski definition) is 2. The molecule has 109 valence electrons. The number of fused-ring (bicyclic) bond motifs is 4. The van der Waals surface area contributed by atoms with Crippen molar-refractivity contribution < 1.29 is 0 Å². The van der Waals surface area contributed by atoms with Gasteiger partial charge in [0.15, 0.2) is 0 Å². The van der Waals surface area contributed by atoms with E-state index in [2.05, 4.69) is 70.4 Å². The first-order valence-electron chi connectivity index (χ1n) is 7.84. The molecule has 0 N–H and O–H groups in total. The zero-order chi connectivity index (χ0) is 15.2. The Kier molecular flexibility index (Phi) is 2.62. The molecule has 0 aromatic heterocycles. The maximum absolute atomic E-state index is 4.13. The molecular weight excluding hydrogens is 282 g/mol. The van der Waals surface area contributed by atoms with Crippen LogP contribution in [0.25, 0.3) is 11.6 Å². The van der Waals surface area contributed by atoms with Crippen molar-refractivity contribution in [2.75, 3.05) is 0 Å². The number of hydrogen-bond donors (Lipinski definition) is 0. The third-order valence-corrected chi connectivity index (χ3v) is 4.76. The van der Waals surface area contributed by atoms with Crippen LogP contribution in [0.1, 0.15) is 11.1 Å². The summed E-state index contributed by atoms with van der Waals surface area (Å²) in [6.45, 7) is 0. The van der Waals surface area contributed by atoms with Gasteiger partial charge in [0.2, 0.25) is 0 Å². The van der Waals surface area contributed by atoms with Crippen molar-refractivity contribution in [1.29, 1.82) is 0 Å². The van der Waals surface area contributed by atoms with Gasteiger partial charge in [0, 0.05) is 5.57 Å². The highest BCUT2D eigenvalue weighted by Gasteiger charge is 2.16. The molecule has 3 aliphatic rings. The van der Waals surface area contributed by atoms with Gasteiger partial charge in [-0.3, -0.25) is 0 Å². The molecule has 1 heterocycles. The van der Waals surface area contributed by atoms with E-state index < -0.39 is 0 Å². The van der Waals surface area contributed by atoms with E-state index in [0.717, 1.165) is 24.1 Å². The Morgan fingerprint density at radius 3 is 2.61 bits per heavy atom. The molecule has 2 aromatic carbocycles. The summed E-state index contributed by atoms with van der Waals surface area (Å²) in [5.74, 6) is 0. The lowest BCUT2D eigenvalue weighted by Crippen LogP contribution is -2.21. The molecule has 1 aliphatic heterocycles. The van der Waals surface area contributed by atoms with Crippen LogP contribution in [0.2, 0.25) is 0 Å². The molecule has 0 bridgehead atoms. The Hall–Kier alpha value is -2.94. The fraction of sp³-hybridized carbons (Fsp3) is 0.100. The Balaban J connectivity index is 1.92. The van der Waals surface area contributed by atoms with Gasteiger partial charge >= 0.3 is 0 Å². The molecule has 0 unspecified atom stereocenters. The Labute approximate surface area is 133 Å². The summed E-state index contributed by atoms with van der Waals surface area (Å²) in [6, 6.07) is 13.1. The Bertz CT molecular complexity index is 1130. The van der Waals surface area contributed by atoms with E-state index in [9.17, 15) is 0 Å². The molecule has 1 radical (unpaired) electrons. The number of allylic oxidation sites excluding steroid dienone is 2. The maximum atomic E-state index is 4.13. The zero-order valence-electron chi connectivity index (χ0n) is 12.5. The second kappa shape index (κ2) is 4.78. The van der Waals surface area contributed by atoms with Crippen molar-refractivity contribution in [1.82, 2.24) is 5.43 Å². The van der Waals surface area contributed by atoms with Gasteiger partial charge in [0.05, 0.1) is 6.20 Å². The topological polar surface area (TPSA) is 38.8 Å². The second-order valence-corrected chi connectivity index (χ2v) is 5.95. The van der Waals surface area contributed by atoms with Crippen molar-refractivity contribution in [3.63, 3.8) is 0 Å². The van der Waals surface area contributed by atoms with Crippen molar-refractivity contribution in [3.05, 3.63) is 92.4 Å². The first-order valence-corrected chi connectivity index (χ1v) is 7.84. The summed E-state index contributed by atoms with van der Waals surface area (Å²) in [6.07, 6.45) is 10.4. The second-order valence-electron chi connectivity index (χ2n) is 5.95. The van der Waals surface area contributed by atoms with Crippen molar-refractivity contribution in [2.24, 2.45) is 10.3 Å². The zero-order valence-corrected chi connectivity index (χ0v) is 12.5. The van der Waals surface area contributed by atoms with Gasteiger partial charge in [0.1, 0.15) is 5.70 Å². The lowest BCUT2D eigenvalue weighted by molar-refractivity contribution is 0.904. The lowest BCUT2D eigenvalue weighted by Gasteiger charge is -2.16. The van der Waals surface area contributed by atoms with Crippen LogP contribution in [0.5, 0.6) is 0 Å². The van der Waals surface area contributed by atoms with E-state index in [4.69, 9.17) is 0 Å². The van der Waals surface area contributed by atoms with Gasteiger partial charge in [-0.1, -0.05) is 54.6 Å². The molecule has 0 amide bonds. The summed E-state index contributed by atoms with van der Waals surface area (Å²) in [5.41, 5.74) is 8.69. The first-order chi connectivity index (χ1) is 11.4. The van der Waals surface area contributed by atoms with Crippen molar-refractivity contribution >= 4 is 11.6 Å². The van der Waals surface area contributed by atoms with E-state index in [0.29, 0.717) is 0 Å². The monoisotopic (exact) mass is 296 g/mol. The van der Waals surface area contributed by atoms with Crippen LogP contribution in [0.15, 0.2) is 70.8 Å². The molecule has 3 heteroatoms. The summed E-state index contributed by atoms with van der Waals surface area (Å²) >= 11 is 0. The summed E-state index contributed by atoms with van der Waals surface area (Å²) < 4.78 is 0. The predicted octanol–water partition coefficient (Wildman–Crippen LogP) is 2.40. The summed E-state index contributed by atoms with van der Waals surface area (Å²) in [7, 11) is 0. The van der Waals surface area contributed by atoms with Gasteiger partial charge in [-0.15, -0.1) is 10.5 Å². The average molecular weight is 296 g/mol. The molecule has 23 heavy (non-hydrogen) atoms. The number of benzene rings is 2. The van der Waals surface area contributed by atoms with E-state index in [1.165, 1.54) is 32.0 Å². The smallest absolute Gasteiger partial charge is 0.115 e. The van der Waals surface area contributed by atoms with E-state index in [-0.39, 0.29) is 0 Å². The van der Waals surface area contributed by atoms with Crippen LogP contribution in [-0.2, 0) is 12.8 Å². The minimum atomic E-state index is 0.849. The third kappa shape index (κ3) is 1.83. The largest absolute Gasteiger partial charge is 0.136 e. The third-order valence-electron chi connectivity index (χ3n) is 4.76. The fourth-order valence-electron chi connectivity index (χ4n) is 3.71. The summed E-state index contributed by atoms with van der Waals surface area (Å²) in [5, 5.41) is 13.2. The van der Waals surface area contributed by atoms with Gasteiger partial charge in [0.25, 0.3) is 0 Å². The minimum Gasteiger partial charge on any atom is -0.136 e. The highest BCUT2D eigenvalue weighted by atomic mass is 15.4. The first kappa shape index (κ1) is 12.6. The molecule has 0 spiro atoms. The van der Waals surface area contributed by atoms with Gasteiger partial charge in [-0.25, -0.2) is 0 Å². The summed E-state index contributed by atoms with van der Waals surface area (Å²) in [4.78, 5) is 0. The van der Waals surface area contributed by atoms with Crippen LogP contribution in [-0.4, -0.2) is 0 Å². The lowest BCUT2D eigenvalue weighted by atomic mass is 9.88. The van der Waals surface area contributed by atoms with Crippen LogP contribution in [0.3, 0.4) is 0 Å². The van der Waals surface area contributed by atoms with Crippen LogP contribution in [0, 0.1) is 10.4 Å². The normalized spacial score (nSPS) is 16.9. The molecule has 2 aromatic rings. The molecule has 3 nitrogen and oxygen atoms in total. The van der Waals surface area contributed by atoms with Crippen LogP contribution >= 0.6 is 0 Å². The van der Waals surface area contributed by atoms with Gasteiger partial charge in [-0.2, -0.15) is 0 Å². The molecule has 5 rings (SSSR count). The van der Waals surface area contributed by atoms with E-state index >= 15 is 0 Å². The highest BCUT2D eigenvalue weighted by Crippen LogP contribution is 2.23. The SMILES string of the molecule is C1=CC(C2=C[N]N=N2)=c2ccc3c(c2C1)CC=c1ccccc1=3. The minimum absolute atomic E-state index is 0.849. The van der Waals surface area contributed by atoms with Crippen LogP contribution in [0.4, 0.5) is 0 Å². The number of rotatable bonds is 1. The van der Waals surface area contributed by atoms with E-state index in [1.807, 2.05) is 0 Å². The van der Waals surface area contributed by atoms with Gasteiger partial charge in [-0.05, 0) is 50.1 Å². The highest BCUT2D eigenvalue weighted by molar-refractivity contribution is 5.75. The molecule has 0 saturated carbocycles. The molecule has 0 fully saturated rings. The van der Waals surface area contributed by atoms with Gasteiger partial charge < -0.3 is 0 Å². The Morgan fingerprint density at radius 2 is 1.70 bits per heavy atom. The fourth-order valence-corrected chi connectivity index (χ4v) is 3.71. The quantitative estimate of drug-likeness (QED) is 0.775. The molecular formula is C20H14N3. The van der Waals surface area contributed by atoms with Crippen LogP contribution < -0.4 is 15.9 Å². The standard InChI is InChI=1S/C20H14N3/c1-2-5-14-13(4-1)8-9-17-15-6-3-7-19(20-12-21-23-22-20)18(15)11-10-16(14)17/h1-5,7-8,10-12H,6,9H2. The number of nitrogens with zero attached hydrogens (tertiary/aromatic N) is 3. The van der Waals surface area contributed by atoms with Crippen molar-refractivity contribution in [2.45, 2.75) is 12.8 Å². The molecule has 0 saturated heterocycles. The Morgan fingerprint density at radius 1 is 0.826 bits per heavy atom. The average Bonchev–Trinajstić information content (AvgIpc) is 3.15. The predicted molar refractivity (Wildman–Crippen MR) is 89.3 cm³/mol. The molecule has 2 aliphatic carbocycles.